The van der Waals surface area contributed by atoms with Gasteiger partial charge in [0.05, 0.1) is 24.2 Å². The summed E-state index contributed by atoms with van der Waals surface area (Å²) in [5.74, 6) is -1.40. The number of nitrogens with one attached hydrogen (secondary N) is 1. The molecule has 1 N–H and O–H groups in total. The van der Waals surface area contributed by atoms with Crippen LogP contribution in [0.5, 0.6) is 5.75 Å². The molecule has 30 heavy (non-hydrogen) atoms. The predicted molar refractivity (Wildman–Crippen MR) is 108 cm³/mol. The van der Waals surface area contributed by atoms with Crippen molar-refractivity contribution in [2.45, 2.75) is 6.04 Å². The van der Waals surface area contributed by atoms with Crippen LogP contribution in [0.3, 0.4) is 0 Å². The van der Waals surface area contributed by atoms with Gasteiger partial charge in [0, 0.05) is 36.8 Å². The zero-order valence-corrected chi connectivity index (χ0v) is 16.8. The zero-order chi connectivity index (χ0) is 21.5. The summed E-state index contributed by atoms with van der Waals surface area (Å²) >= 11 is 6.37. The maximum absolute atomic E-state index is 13.7. The van der Waals surface area contributed by atoms with E-state index in [1.807, 2.05) is 18.2 Å². The van der Waals surface area contributed by atoms with Crippen molar-refractivity contribution in [3.63, 3.8) is 0 Å². The molecule has 0 spiro atoms. The van der Waals surface area contributed by atoms with Crippen molar-refractivity contribution < 1.29 is 23.6 Å². The van der Waals surface area contributed by atoms with Gasteiger partial charge in [-0.15, -0.1) is 0 Å². The molecule has 1 unspecified atom stereocenters. The van der Waals surface area contributed by atoms with Crippen LogP contribution in [0.25, 0.3) is 0 Å². The van der Waals surface area contributed by atoms with Crippen molar-refractivity contribution in [3.8, 4) is 5.75 Å². The highest BCUT2D eigenvalue weighted by Gasteiger charge is 2.25. The number of benzene rings is 2. The van der Waals surface area contributed by atoms with E-state index < -0.39 is 22.3 Å². The van der Waals surface area contributed by atoms with Gasteiger partial charge < -0.3 is 14.8 Å². The van der Waals surface area contributed by atoms with Gasteiger partial charge in [0.15, 0.2) is 6.61 Å². The van der Waals surface area contributed by atoms with Crippen LogP contribution in [-0.4, -0.2) is 55.2 Å². The number of ether oxygens (including phenoxy) is 2. The number of carbonyl (C=O) groups is 1. The standard InChI is InChI=1S/C20H21ClFN3O5/c21-16-4-2-1-3-15(16)19(24-7-9-29-10-8-24)12-23-20(26)13-30-14-5-6-18(25(27)28)17(22)11-14/h1-6,11,19H,7-10,12-13H2,(H,23,26). The van der Waals surface area contributed by atoms with Gasteiger partial charge in [-0.05, 0) is 17.7 Å². The first-order valence-electron chi connectivity index (χ1n) is 9.35. The van der Waals surface area contributed by atoms with E-state index in [2.05, 4.69) is 10.2 Å². The molecule has 2 aromatic rings. The minimum Gasteiger partial charge on any atom is -0.484 e. The van der Waals surface area contributed by atoms with Gasteiger partial charge in [0.25, 0.3) is 5.91 Å². The van der Waals surface area contributed by atoms with Gasteiger partial charge in [-0.3, -0.25) is 19.8 Å². The average molecular weight is 438 g/mol. The largest absolute Gasteiger partial charge is 0.484 e. The Morgan fingerprint density at radius 1 is 1.30 bits per heavy atom. The van der Waals surface area contributed by atoms with Gasteiger partial charge >= 0.3 is 5.69 Å². The number of nitro groups is 1. The Morgan fingerprint density at radius 3 is 2.70 bits per heavy atom. The third kappa shape index (κ3) is 5.65. The van der Waals surface area contributed by atoms with Gasteiger partial charge in [-0.25, -0.2) is 0 Å². The van der Waals surface area contributed by atoms with Crippen molar-refractivity contribution in [3.05, 3.63) is 69.0 Å². The molecular weight excluding hydrogens is 417 g/mol. The topological polar surface area (TPSA) is 93.9 Å². The average Bonchev–Trinajstić information content (AvgIpc) is 2.74. The van der Waals surface area contributed by atoms with E-state index in [1.165, 1.54) is 6.07 Å². The molecule has 160 valence electrons. The second-order valence-electron chi connectivity index (χ2n) is 6.65. The third-order valence-electron chi connectivity index (χ3n) is 4.73. The lowest BCUT2D eigenvalue weighted by atomic mass is 10.0. The fourth-order valence-electron chi connectivity index (χ4n) is 3.21. The zero-order valence-electron chi connectivity index (χ0n) is 16.1. The van der Waals surface area contributed by atoms with E-state index >= 15 is 0 Å². The highest BCUT2D eigenvalue weighted by molar-refractivity contribution is 6.31. The number of nitro benzene ring substituents is 1. The van der Waals surface area contributed by atoms with Crippen molar-refractivity contribution >= 4 is 23.2 Å². The number of hydrogen-bond acceptors (Lipinski definition) is 6. The van der Waals surface area contributed by atoms with E-state index in [0.29, 0.717) is 37.9 Å². The number of carbonyl (C=O) groups excluding carboxylic acids is 1. The first kappa shape index (κ1) is 21.9. The number of hydrogen-bond donors (Lipinski definition) is 1. The van der Waals surface area contributed by atoms with Crippen LogP contribution in [0.1, 0.15) is 11.6 Å². The molecule has 0 aromatic heterocycles. The summed E-state index contributed by atoms with van der Waals surface area (Å²) in [6.07, 6.45) is 0. The number of rotatable bonds is 8. The maximum Gasteiger partial charge on any atom is 0.305 e. The lowest BCUT2D eigenvalue weighted by Crippen LogP contribution is -2.44. The summed E-state index contributed by atoms with van der Waals surface area (Å²) in [5.41, 5.74) is 0.250. The van der Waals surface area contributed by atoms with Gasteiger partial charge in [-0.2, -0.15) is 4.39 Å². The Labute approximate surface area is 177 Å². The Balaban J connectivity index is 1.59. The Morgan fingerprint density at radius 2 is 2.03 bits per heavy atom. The Hall–Kier alpha value is -2.75. The van der Waals surface area contributed by atoms with Gasteiger partial charge in [0.2, 0.25) is 5.82 Å². The predicted octanol–water partition coefficient (Wildman–Crippen LogP) is 2.96. The van der Waals surface area contributed by atoms with Crippen LogP contribution in [-0.2, 0) is 9.53 Å². The van der Waals surface area contributed by atoms with Gasteiger partial charge in [-0.1, -0.05) is 29.8 Å². The molecule has 0 radical (unpaired) electrons. The highest BCUT2D eigenvalue weighted by Crippen LogP contribution is 2.28. The van der Waals surface area contributed by atoms with Crippen LogP contribution in [0.2, 0.25) is 5.02 Å². The molecule has 1 fully saturated rings. The fraction of sp³-hybridized carbons (Fsp3) is 0.350. The third-order valence-corrected chi connectivity index (χ3v) is 5.07. The quantitative estimate of drug-likeness (QED) is 0.504. The van der Waals surface area contributed by atoms with Crippen molar-refractivity contribution in [1.82, 2.24) is 10.2 Å². The second kappa shape index (κ2) is 10.3. The maximum atomic E-state index is 13.7. The normalized spacial score (nSPS) is 15.4. The molecule has 3 rings (SSSR count). The summed E-state index contributed by atoms with van der Waals surface area (Å²) in [6, 6.07) is 10.4. The van der Waals surface area contributed by atoms with Gasteiger partial charge in [0.1, 0.15) is 5.75 Å². The van der Waals surface area contributed by atoms with Crippen molar-refractivity contribution in [2.75, 3.05) is 39.5 Å². The minimum atomic E-state index is -1.02. The minimum absolute atomic E-state index is 0.0316. The lowest BCUT2D eigenvalue weighted by Gasteiger charge is -2.35. The summed E-state index contributed by atoms with van der Waals surface area (Å²) < 4.78 is 24.3. The van der Waals surface area contributed by atoms with Crippen LogP contribution in [0.15, 0.2) is 42.5 Å². The molecule has 1 saturated heterocycles. The van der Waals surface area contributed by atoms with Crippen molar-refractivity contribution in [1.29, 1.82) is 0 Å². The number of halogens is 2. The molecule has 10 heteroatoms. The van der Waals surface area contributed by atoms with E-state index in [-0.39, 0.29) is 18.4 Å². The van der Waals surface area contributed by atoms with Crippen LogP contribution >= 0.6 is 11.6 Å². The highest BCUT2D eigenvalue weighted by atomic mass is 35.5. The second-order valence-corrected chi connectivity index (χ2v) is 7.06. The fourth-order valence-corrected chi connectivity index (χ4v) is 3.47. The summed E-state index contributed by atoms with van der Waals surface area (Å²) in [4.78, 5) is 24.3. The van der Waals surface area contributed by atoms with Crippen LogP contribution in [0, 0.1) is 15.9 Å². The van der Waals surface area contributed by atoms with Crippen LogP contribution in [0.4, 0.5) is 10.1 Å². The Kier molecular flexibility index (Phi) is 7.56. The molecule has 1 atom stereocenters. The first-order valence-corrected chi connectivity index (χ1v) is 9.73. The molecule has 2 aromatic carbocycles. The molecule has 8 nitrogen and oxygen atoms in total. The Bertz CT molecular complexity index is 908. The summed E-state index contributed by atoms with van der Waals surface area (Å²) in [6.45, 7) is 2.58. The smallest absolute Gasteiger partial charge is 0.305 e. The molecule has 1 heterocycles. The number of morpholine rings is 1. The molecular formula is C20H21ClFN3O5. The summed E-state index contributed by atoms with van der Waals surface area (Å²) in [7, 11) is 0. The van der Waals surface area contributed by atoms with Crippen LogP contribution < -0.4 is 10.1 Å². The number of amides is 1. The first-order chi connectivity index (χ1) is 14.5. The van der Waals surface area contributed by atoms with E-state index in [4.69, 9.17) is 21.1 Å². The molecule has 1 aliphatic rings. The van der Waals surface area contributed by atoms with E-state index in [1.54, 1.807) is 6.07 Å². The van der Waals surface area contributed by atoms with E-state index in [9.17, 15) is 19.3 Å². The molecule has 1 aliphatic heterocycles. The number of nitrogens with zero attached hydrogens (tertiary/aromatic N) is 2. The molecule has 0 aliphatic carbocycles. The molecule has 0 saturated carbocycles. The molecule has 0 bridgehead atoms. The SMILES string of the molecule is O=C(COc1ccc([N+](=O)[O-])c(F)c1)NCC(c1ccccc1Cl)N1CCOCC1. The molecule has 1 amide bonds. The lowest BCUT2D eigenvalue weighted by molar-refractivity contribution is -0.387. The van der Waals surface area contributed by atoms with Crippen molar-refractivity contribution in [2.24, 2.45) is 0 Å². The monoisotopic (exact) mass is 437 g/mol. The summed E-state index contributed by atoms with van der Waals surface area (Å²) in [5, 5.41) is 14.1. The van der Waals surface area contributed by atoms with E-state index in [0.717, 1.165) is 17.7 Å².